The number of hydrogen-bond donors (Lipinski definition) is 1. The van der Waals surface area contributed by atoms with Crippen LogP contribution in [0.25, 0.3) is 0 Å². The van der Waals surface area contributed by atoms with E-state index in [1.54, 1.807) is 13.8 Å². The van der Waals surface area contributed by atoms with Crippen LogP contribution in [-0.4, -0.2) is 9.97 Å². The molecule has 0 unspecified atom stereocenters. The van der Waals surface area contributed by atoms with Crippen molar-refractivity contribution in [3.8, 4) is 11.8 Å². The van der Waals surface area contributed by atoms with Crippen LogP contribution < -0.4 is 5.73 Å². The first-order chi connectivity index (χ1) is 9.77. The third-order valence-electron chi connectivity index (χ3n) is 2.77. The van der Waals surface area contributed by atoms with Crippen molar-refractivity contribution in [3.05, 3.63) is 52.5 Å². The van der Waals surface area contributed by atoms with Gasteiger partial charge >= 0.3 is 6.18 Å². The number of halogens is 3. The highest BCUT2D eigenvalue weighted by molar-refractivity contribution is 5.55. The van der Waals surface area contributed by atoms with Gasteiger partial charge < -0.3 is 5.73 Å². The number of anilines is 1. The summed E-state index contributed by atoms with van der Waals surface area (Å²) >= 11 is 0. The van der Waals surface area contributed by atoms with Crippen molar-refractivity contribution >= 4 is 5.82 Å². The van der Waals surface area contributed by atoms with Crippen molar-refractivity contribution in [3.63, 3.8) is 0 Å². The van der Waals surface area contributed by atoms with Crippen LogP contribution in [0.4, 0.5) is 19.0 Å². The molecule has 2 aromatic rings. The second kappa shape index (κ2) is 5.44. The maximum atomic E-state index is 12.4. The van der Waals surface area contributed by atoms with Crippen molar-refractivity contribution in [1.29, 1.82) is 0 Å². The van der Waals surface area contributed by atoms with E-state index in [9.17, 15) is 13.2 Å². The number of hydrogen-bond acceptors (Lipinski definition) is 3. The smallest absolute Gasteiger partial charge is 0.383 e. The fourth-order valence-corrected chi connectivity index (χ4v) is 1.77. The predicted octanol–water partition coefficient (Wildman–Crippen LogP) is 3.09. The van der Waals surface area contributed by atoms with Gasteiger partial charge in [-0.3, -0.25) is 0 Å². The van der Waals surface area contributed by atoms with E-state index in [1.807, 2.05) is 0 Å². The molecule has 0 saturated heterocycles. The summed E-state index contributed by atoms with van der Waals surface area (Å²) < 4.78 is 37.3. The van der Waals surface area contributed by atoms with Crippen LogP contribution in [0.1, 0.15) is 28.2 Å². The molecule has 0 bridgehead atoms. The maximum Gasteiger partial charge on any atom is 0.416 e. The fraction of sp³-hybridized carbons (Fsp3) is 0.200. The third-order valence-corrected chi connectivity index (χ3v) is 2.77. The van der Waals surface area contributed by atoms with Crippen molar-refractivity contribution in [1.82, 2.24) is 9.97 Å². The van der Waals surface area contributed by atoms with Gasteiger partial charge in [0.15, 0.2) is 0 Å². The summed E-state index contributed by atoms with van der Waals surface area (Å²) in [6.07, 6.45) is -4.35. The minimum atomic E-state index is -4.35. The van der Waals surface area contributed by atoms with E-state index in [4.69, 9.17) is 5.73 Å². The standard InChI is InChI=1S/C15H12F3N3/c1-9-13(14(19)21-10(2)20-9)8-5-11-3-6-12(7-4-11)15(16,17)18/h3-4,6-7H,1-2H3,(H2,19,20,21). The zero-order valence-electron chi connectivity index (χ0n) is 11.4. The van der Waals surface area contributed by atoms with Crippen molar-refractivity contribution in [2.24, 2.45) is 0 Å². The molecule has 0 saturated carbocycles. The first-order valence-corrected chi connectivity index (χ1v) is 6.07. The Morgan fingerprint density at radius 2 is 1.62 bits per heavy atom. The molecule has 1 aromatic carbocycles. The van der Waals surface area contributed by atoms with Gasteiger partial charge in [-0.25, -0.2) is 9.97 Å². The number of nitrogens with zero attached hydrogens (tertiary/aromatic N) is 2. The molecule has 0 atom stereocenters. The number of benzene rings is 1. The molecule has 1 heterocycles. The largest absolute Gasteiger partial charge is 0.416 e. The molecule has 0 aliphatic rings. The number of rotatable bonds is 0. The second-order valence-corrected chi connectivity index (χ2v) is 4.44. The minimum absolute atomic E-state index is 0.263. The normalized spacial score (nSPS) is 10.9. The lowest BCUT2D eigenvalue weighted by Gasteiger charge is -2.05. The van der Waals surface area contributed by atoms with Crippen LogP contribution in [0.5, 0.6) is 0 Å². The summed E-state index contributed by atoms with van der Waals surface area (Å²) in [6.45, 7) is 3.47. The molecule has 2 N–H and O–H groups in total. The first kappa shape index (κ1) is 14.9. The van der Waals surface area contributed by atoms with Gasteiger partial charge in [0.2, 0.25) is 0 Å². The Morgan fingerprint density at radius 3 is 2.14 bits per heavy atom. The number of aryl methyl sites for hydroxylation is 2. The topological polar surface area (TPSA) is 51.8 Å². The van der Waals surface area contributed by atoms with Crippen LogP contribution in [-0.2, 0) is 6.18 Å². The molecule has 1 aromatic heterocycles. The first-order valence-electron chi connectivity index (χ1n) is 6.07. The quantitative estimate of drug-likeness (QED) is 0.759. The summed E-state index contributed by atoms with van der Waals surface area (Å²) in [5.74, 6) is 6.37. The Labute approximate surface area is 120 Å². The molecule has 108 valence electrons. The van der Waals surface area contributed by atoms with Crippen LogP contribution in [0, 0.1) is 25.7 Å². The molecular weight excluding hydrogens is 279 g/mol. The van der Waals surface area contributed by atoms with Gasteiger partial charge in [-0.05, 0) is 38.1 Å². The summed E-state index contributed by atoms with van der Waals surface area (Å²) in [5.41, 5.74) is 6.64. The summed E-state index contributed by atoms with van der Waals surface area (Å²) in [6, 6.07) is 4.62. The lowest BCUT2D eigenvalue weighted by Crippen LogP contribution is -2.04. The number of nitrogen functional groups attached to an aromatic ring is 1. The molecule has 0 amide bonds. The highest BCUT2D eigenvalue weighted by Crippen LogP contribution is 2.28. The third kappa shape index (κ3) is 3.51. The van der Waals surface area contributed by atoms with Gasteiger partial charge in [0.25, 0.3) is 0 Å². The van der Waals surface area contributed by atoms with Gasteiger partial charge in [0.05, 0.1) is 16.8 Å². The lowest BCUT2D eigenvalue weighted by atomic mass is 10.1. The van der Waals surface area contributed by atoms with Crippen LogP contribution in [0.2, 0.25) is 0 Å². The predicted molar refractivity (Wildman–Crippen MR) is 73.3 cm³/mol. The maximum absolute atomic E-state index is 12.4. The molecular formula is C15H12F3N3. The Balaban J connectivity index is 2.32. The van der Waals surface area contributed by atoms with Gasteiger partial charge in [0, 0.05) is 5.56 Å². The van der Waals surface area contributed by atoms with E-state index in [0.29, 0.717) is 22.6 Å². The molecule has 0 aliphatic heterocycles. The van der Waals surface area contributed by atoms with Crippen molar-refractivity contribution in [2.45, 2.75) is 20.0 Å². The Kier molecular flexibility index (Phi) is 3.85. The Hall–Kier alpha value is -2.55. The highest BCUT2D eigenvalue weighted by atomic mass is 19.4. The zero-order valence-corrected chi connectivity index (χ0v) is 11.4. The minimum Gasteiger partial charge on any atom is -0.383 e. The average Bonchev–Trinajstić information content (AvgIpc) is 2.37. The van der Waals surface area contributed by atoms with Gasteiger partial charge in [-0.1, -0.05) is 11.8 Å². The molecule has 0 radical (unpaired) electrons. The Morgan fingerprint density at radius 1 is 1.00 bits per heavy atom. The SMILES string of the molecule is Cc1nc(C)c(C#Cc2ccc(C(F)(F)F)cc2)c(N)n1. The molecule has 0 fully saturated rings. The average molecular weight is 291 g/mol. The number of alkyl halides is 3. The fourth-order valence-electron chi connectivity index (χ4n) is 1.77. The zero-order chi connectivity index (χ0) is 15.6. The van der Waals surface area contributed by atoms with E-state index in [0.717, 1.165) is 12.1 Å². The number of nitrogens with two attached hydrogens (primary N) is 1. The molecule has 6 heteroatoms. The highest BCUT2D eigenvalue weighted by Gasteiger charge is 2.29. The van der Waals surface area contributed by atoms with Crippen molar-refractivity contribution in [2.75, 3.05) is 5.73 Å². The summed E-state index contributed by atoms with van der Waals surface area (Å²) in [5, 5.41) is 0. The molecule has 0 spiro atoms. The second-order valence-electron chi connectivity index (χ2n) is 4.44. The summed E-state index contributed by atoms with van der Waals surface area (Å²) in [4.78, 5) is 8.16. The Bertz CT molecular complexity index is 700. The van der Waals surface area contributed by atoms with Crippen LogP contribution in [0.3, 0.4) is 0 Å². The van der Waals surface area contributed by atoms with Crippen molar-refractivity contribution < 1.29 is 13.2 Å². The monoisotopic (exact) mass is 291 g/mol. The molecule has 0 aliphatic carbocycles. The molecule has 3 nitrogen and oxygen atoms in total. The van der Waals surface area contributed by atoms with E-state index < -0.39 is 11.7 Å². The van der Waals surface area contributed by atoms with Crippen LogP contribution >= 0.6 is 0 Å². The van der Waals surface area contributed by atoms with E-state index >= 15 is 0 Å². The number of aromatic nitrogens is 2. The van der Waals surface area contributed by atoms with E-state index in [-0.39, 0.29) is 5.82 Å². The van der Waals surface area contributed by atoms with Gasteiger partial charge in [-0.15, -0.1) is 0 Å². The lowest BCUT2D eigenvalue weighted by molar-refractivity contribution is -0.137. The molecule has 21 heavy (non-hydrogen) atoms. The van der Waals surface area contributed by atoms with Gasteiger partial charge in [0.1, 0.15) is 11.6 Å². The molecule has 2 rings (SSSR count). The summed E-state index contributed by atoms with van der Waals surface area (Å²) in [7, 11) is 0. The van der Waals surface area contributed by atoms with Crippen LogP contribution in [0.15, 0.2) is 24.3 Å². The van der Waals surface area contributed by atoms with Gasteiger partial charge in [-0.2, -0.15) is 13.2 Å². The van der Waals surface area contributed by atoms with E-state index in [1.165, 1.54) is 12.1 Å². The van der Waals surface area contributed by atoms with E-state index in [2.05, 4.69) is 21.8 Å².